The third-order valence-corrected chi connectivity index (χ3v) is 23.8. The van der Waals surface area contributed by atoms with Crippen LogP contribution in [-0.2, 0) is 52.1 Å². The Labute approximate surface area is 770 Å². The summed E-state index contributed by atoms with van der Waals surface area (Å²) < 4.78 is 99.6. The molecule has 7 aliphatic rings. The van der Waals surface area contributed by atoms with Crippen molar-refractivity contribution < 1.29 is 60.9 Å². The van der Waals surface area contributed by atoms with Crippen LogP contribution in [0.1, 0.15) is 225 Å². The van der Waals surface area contributed by atoms with Gasteiger partial charge in [0.25, 0.3) is 11.1 Å². The fourth-order valence-electron chi connectivity index (χ4n) is 13.6. The van der Waals surface area contributed by atoms with Crippen LogP contribution in [0.15, 0.2) is 119 Å². The van der Waals surface area contributed by atoms with Crippen LogP contribution in [0.3, 0.4) is 0 Å². The fourth-order valence-corrected chi connectivity index (χ4v) is 16.7. The highest BCUT2D eigenvalue weighted by atomic mass is 32.2. The lowest BCUT2D eigenvalue weighted by Gasteiger charge is -2.17. The van der Waals surface area contributed by atoms with Crippen molar-refractivity contribution in [2.45, 2.75) is 309 Å². The van der Waals surface area contributed by atoms with E-state index in [1.54, 1.807) is 76.6 Å². The number of ether oxygens (including phenoxy) is 11. The first-order valence-electron chi connectivity index (χ1n) is 44.3. The first-order valence-corrected chi connectivity index (χ1v) is 47.5. The van der Waals surface area contributed by atoms with Crippen molar-refractivity contribution in [3.63, 3.8) is 0 Å². The van der Waals surface area contributed by atoms with E-state index in [9.17, 15) is 47.1 Å². The number of H-pyrrole nitrogens is 2. The summed E-state index contributed by atoms with van der Waals surface area (Å²) in [4.78, 5) is 126. The molecule has 0 aliphatic carbocycles. The van der Waals surface area contributed by atoms with Gasteiger partial charge in [-0.3, -0.25) is 46.5 Å². The van der Waals surface area contributed by atoms with Crippen molar-refractivity contribution in [3.05, 3.63) is 181 Å². The van der Waals surface area contributed by atoms with Gasteiger partial charge in [-0.05, 0) is 186 Å². The predicted molar refractivity (Wildman–Crippen MR) is 499 cm³/mol. The first kappa shape index (κ1) is 105. The van der Waals surface area contributed by atoms with E-state index < -0.39 is 53.2 Å². The fraction of sp³-hybridized carbons (Fsp3) is 0.640. The molecule has 15 heterocycles. The topological polar surface area (TPSA) is 483 Å². The number of nitrogens with two attached hydrogens (primary N) is 2. The molecule has 0 saturated carbocycles. The summed E-state index contributed by atoms with van der Waals surface area (Å²) in [5.41, 5.74) is 9.08. The minimum atomic E-state index is -0.727. The number of hydrogen-bond acceptors (Lipinski definition) is 34. The van der Waals surface area contributed by atoms with Crippen LogP contribution >= 0.6 is 35.3 Å². The van der Waals surface area contributed by atoms with Crippen molar-refractivity contribution in [2.75, 3.05) is 71.1 Å². The second kappa shape index (κ2) is 51.2. The Hall–Kier alpha value is -9.36. The molecule has 9 N–H and O–H groups in total. The second-order valence-corrected chi connectivity index (χ2v) is 37.0. The SMILES string of the molecule is CC(C)OC[C@@H]1CCC(n2ccc(N)nc2=O)O1.CC(C)OC[C@@H]1CCC(n2cnc3c(=O)[nH]cnc32)O1.CC(C)OC[C@@H]1OC(n2cc(F)c(N)nc2=O)CS1.CC[C@@H]1CCC(n2ccc(NC(C)C)nc2=O)O1.CC[C@@H]1OC(n2cc(F)c(NC(C)C)nc2=O)CS1.CC[C@@H]1OC(n2ccc(NC(C)C)nc2=O)CS1.Cc1cn(C2C=C[C@@H](COC(C)C)O2)c(=O)[nH]c1=O. The van der Waals surface area contributed by atoms with E-state index in [-0.39, 0.29) is 148 Å². The Kier molecular flexibility index (Phi) is 41.2. The molecule has 0 radical (unpaired) electrons. The molecule has 0 aromatic carbocycles. The lowest BCUT2D eigenvalue weighted by atomic mass is 10.2. The number of fused-ring (bicyclic) bond motifs is 1. The third-order valence-electron chi connectivity index (χ3n) is 20.1. The number of aromatic amines is 2. The van der Waals surface area contributed by atoms with Crippen molar-refractivity contribution in [2.24, 2.45) is 0 Å². The van der Waals surface area contributed by atoms with E-state index in [2.05, 4.69) is 74.7 Å². The molecule has 15 rings (SSSR count). The average Bonchev–Trinajstić information content (AvgIpc) is 1.63. The number of aryl methyl sites for hydroxylation is 1. The largest absolute Gasteiger partial charge is 0.383 e. The minimum absolute atomic E-state index is 0.00561. The highest BCUT2D eigenvalue weighted by Gasteiger charge is 2.35. The zero-order chi connectivity index (χ0) is 95.4. The zero-order valence-corrected chi connectivity index (χ0v) is 80.0. The molecular formula is C86H129F2N21O19S3. The summed E-state index contributed by atoms with van der Waals surface area (Å²) in [5, 5.41) is 9.04. The van der Waals surface area contributed by atoms with Gasteiger partial charge in [0.2, 0.25) is 0 Å². The van der Waals surface area contributed by atoms with Gasteiger partial charge in [-0.2, -0.15) is 24.9 Å². The number of imidazole rings is 1. The summed E-state index contributed by atoms with van der Waals surface area (Å²) >= 11 is 4.89. The van der Waals surface area contributed by atoms with E-state index in [1.165, 1.54) is 44.2 Å². The number of halogens is 2. The molecule has 724 valence electrons. The number of hydrogen-bond donors (Lipinski definition) is 7. The molecule has 8 aromatic rings. The highest BCUT2D eigenvalue weighted by Crippen LogP contribution is 2.37. The number of aromatic nitrogens is 16. The third kappa shape index (κ3) is 32.2. The minimum Gasteiger partial charge on any atom is -0.383 e. The smallest absolute Gasteiger partial charge is 0.351 e. The van der Waals surface area contributed by atoms with Gasteiger partial charge < -0.3 is 84.5 Å². The summed E-state index contributed by atoms with van der Waals surface area (Å²) in [5.74, 6) is 1.77. The Morgan fingerprint density at radius 3 is 1.40 bits per heavy atom. The summed E-state index contributed by atoms with van der Waals surface area (Å²) in [7, 11) is 0. The van der Waals surface area contributed by atoms with Gasteiger partial charge in [0.1, 0.15) is 77.2 Å². The number of nitrogens with one attached hydrogen (secondary N) is 5. The summed E-state index contributed by atoms with van der Waals surface area (Å²) in [6.45, 7) is 37.4. The lowest BCUT2D eigenvalue weighted by Crippen LogP contribution is -2.33. The van der Waals surface area contributed by atoms with Crippen LogP contribution in [0.2, 0.25) is 0 Å². The Morgan fingerprint density at radius 1 is 0.458 bits per heavy atom. The quantitative estimate of drug-likeness (QED) is 0.0224. The van der Waals surface area contributed by atoms with Crippen LogP contribution < -0.4 is 72.7 Å². The Morgan fingerprint density at radius 2 is 0.908 bits per heavy atom. The molecule has 0 spiro atoms. The summed E-state index contributed by atoms with van der Waals surface area (Å²) in [6, 6.07) is 5.78. The lowest BCUT2D eigenvalue weighted by molar-refractivity contribution is -0.0551. The van der Waals surface area contributed by atoms with E-state index in [0.717, 1.165) is 74.3 Å². The van der Waals surface area contributed by atoms with Gasteiger partial charge in [0, 0.05) is 65.7 Å². The number of nitrogens with zero attached hydrogens (tertiary/aromatic N) is 14. The standard InChI is InChI=1S/C13H18N4O3.C13H21N3O2.C13H18N2O4.C12H18FN3O2S.C12H19N3O3.C12H19N3O2S.C11H16FN3O3S/c1-8(2)19-5-9-3-4-10(20-9)17-7-16-11-12(17)14-6-15-13(11)18;1-4-10-5-6-12(18-10)16-8-7-11(14-9(2)3)15-13(16)17;1-8(2)18-7-10-4-5-11(19-10)15-6-9(3)12(16)14-13(15)17;1-4-10-18-9(6-19-10)16-5-8(13)11(14-7(2)3)15-12(16)17;1-8(2)17-7-9-3-4-11(18-9)15-6-5-10(13)14-12(15)16;1-4-11-17-10(7-18-11)15-6-5-9(13-8(2)3)14-12(15)16;1-6(2)17-4-9-18-8(5-19-9)15-3-7(12)10(13)14-11(15)16/h6-10H,3-5H2,1-2H3,(H,14,15,18);7-10,12H,4-6H2,1-3H3,(H,14,15,17);4-6,8,10-11H,7H2,1-3H3,(H,14,16,17);5,7,9-10H,4,6H2,1-3H3,(H,14,15,17);5-6,8-9,11H,3-4,7H2,1-2H3,(H2,13,14,16);5-6,8,10-11H,4,7H2,1-3H3,(H,13,14,16);3,6,8-9H,4-5H2,1-2H3,(H2,13,14,16)/t9-,10?;10-,12?;10-,11?;9?,10-;9-,11?;10?,11-;8?,9-/m0101011/s1. The predicted octanol–water partition coefficient (Wildman–Crippen LogP) is 10.3. The van der Waals surface area contributed by atoms with Gasteiger partial charge in [0.05, 0.1) is 94.2 Å². The monoisotopic (exact) mass is 1890 g/mol. The normalized spacial score (nSPS) is 23.2. The molecule has 14 atom stereocenters. The highest BCUT2D eigenvalue weighted by molar-refractivity contribution is 8.00. The van der Waals surface area contributed by atoms with E-state index >= 15 is 0 Å². The molecule has 6 fully saturated rings. The Balaban J connectivity index is 0.000000172. The van der Waals surface area contributed by atoms with Crippen LogP contribution in [-0.4, -0.2) is 204 Å². The van der Waals surface area contributed by atoms with Gasteiger partial charge >= 0.3 is 34.1 Å². The van der Waals surface area contributed by atoms with Crippen LogP contribution in [0.5, 0.6) is 0 Å². The number of thioether (sulfide) groups is 3. The molecule has 131 heavy (non-hydrogen) atoms. The van der Waals surface area contributed by atoms with E-state index in [4.69, 9.17) is 63.6 Å². The van der Waals surface area contributed by atoms with Gasteiger partial charge in [-0.25, -0.2) is 47.5 Å². The maximum absolute atomic E-state index is 13.9. The van der Waals surface area contributed by atoms with Crippen molar-refractivity contribution in [3.8, 4) is 0 Å². The molecule has 0 amide bonds. The molecule has 45 heteroatoms. The summed E-state index contributed by atoms with van der Waals surface area (Å²) in [6.07, 6.45) is 22.3. The molecular weight excluding hydrogens is 1770 g/mol. The van der Waals surface area contributed by atoms with Crippen LogP contribution in [0.25, 0.3) is 11.2 Å². The van der Waals surface area contributed by atoms with Gasteiger partial charge in [-0.15, -0.1) is 35.3 Å². The van der Waals surface area contributed by atoms with Crippen molar-refractivity contribution in [1.29, 1.82) is 0 Å². The van der Waals surface area contributed by atoms with Crippen molar-refractivity contribution in [1.82, 2.24) is 76.8 Å². The number of anilines is 5. The van der Waals surface area contributed by atoms with Gasteiger partial charge in [0.15, 0.2) is 40.7 Å². The van der Waals surface area contributed by atoms with Crippen LogP contribution in [0.4, 0.5) is 37.9 Å². The van der Waals surface area contributed by atoms with Crippen molar-refractivity contribution >= 4 is 75.5 Å². The molecule has 8 aromatic heterocycles. The zero-order valence-electron chi connectivity index (χ0n) is 77.6. The molecule has 7 unspecified atom stereocenters. The van der Waals surface area contributed by atoms with Crippen LogP contribution in [0, 0.1) is 18.6 Å². The second-order valence-electron chi connectivity index (χ2n) is 33.4. The maximum Gasteiger partial charge on any atom is 0.351 e. The first-order chi connectivity index (χ1) is 62.3. The van der Waals surface area contributed by atoms with E-state index in [1.807, 2.05) is 127 Å². The number of nitrogen functional groups attached to an aromatic ring is 2. The maximum atomic E-state index is 13.9. The molecule has 40 nitrogen and oxygen atoms in total. The molecule has 6 saturated heterocycles. The van der Waals surface area contributed by atoms with E-state index in [0.29, 0.717) is 66.3 Å². The molecule has 0 bridgehead atoms. The molecule has 7 aliphatic heterocycles. The average molecular weight is 1900 g/mol. The number of rotatable bonds is 28. The Bertz CT molecular complexity index is 5390. The van der Waals surface area contributed by atoms with Gasteiger partial charge in [-0.1, -0.05) is 26.8 Å².